The number of rotatable bonds is 10. The van der Waals surface area contributed by atoms with Gasteiger partial charge in [-0.05, 0) is 35.8 Å². The van der Waals surface area contributed by atoms with Gasteiger partial charge in [-0.2, -0.15) is 0 Å². The van der Waals surface area contributed by atoms with Crippen LogP contribution in [0.2, 0.25) is 0 Å². The molecule has 0 aromatic heterocycles. The van der Waals surface area contributed by atoms with Gasteiger partial charge in [0.2, 0.25) is 11.8 Å². The molecule has 39 heavy (non-hydrogen) atoms. The molecule has 2 aliphatic heterocycles. The first-order valence-electron chi connectivity index (χ1n) is 14.6. The molecule has 0 radical (unpaired) electrons. The molecule has 4 atom stereocenters. The number of carbonyl (C=O) groups excluding carboxylic acids is 3. The molecule has 1 aromatic carbocycles. The second kappa shape index (κ2) is 13.3. The maximum Gasteiger partial charge on any atom is 0.334 e. The second-order valence-electron chi connectivity index (χ2n) is 11.3. The third-order valence-electron chi connectivity index (χ3n) is 8.28. The van der Waals surface area contributed by atoms with E-state index in [1.807, 2.05) is 35.2 Å². The number of hydrogen-bond acceptors (Lipinski definition) is 4. The topological polar surface area (TPSA) is 76.2 Å². The molecule has 4 rings (SSSR count). The summed E-state index contributed by atoms with van der Waals surface area (Å²) in [6.07, 6.45) is 11.5. The first-order valence-corrected chi connectivity index (χ1v) is 14.6. The summed E-state index contributed by atoms with van der Waals surface area (Å²) in [7, 11) is 1.78. The van der Waals surface area contributed by atoms with E-state index in [0.717, 1.165) is 43.2 Å². The monoisotopic (exact) mass is 535 g/mol. The lowest BCUT2D eigenvalue weighted by atomic mass is 9.95. The Morgan fingerprint density at radius 2 is 1.92 bits per heavy atom. The van der Waals surface area contributed by atoms with Crippen LogP contribution in [0.3, 0.4) is 0 Å². The Hall–Kier alpha value is -3.13. The number of fused-ring (bicyclic) bond motifs is 1. The van der Waals surface area contributed by atoms with Gasteiger partial charge in [0, 0.05) is 26.6 Å². The first kappa shape index (κ1) is 28.9. The van der Waals surface area contributed by atoms with E-state index in [1.165, 1.54) is 0 Å². The number of hydrazine groups is 1. The highest BCUT2D eigenvalue weighted by atomic mass is 16.2. The van der Waals surface area contributed by atoms with Crippen molar-refractivity contribution in [3.05, 3.63) is 59.7 Å². The summed E-state index contributed by atoms with van der Waals surface area (Å²) in [4.78, 5) is 44.6. The molecule has 2 saturated heterocycles. The number of likely N-dealkylation sites (N-methyl/N-ethyl adjacent to an activating group) is 1. The fourth-order valence-electron chi connectivity index (χ4n) is 5.90. The van der Waals surface area contributed by atoms with Crippen molar-refractivity contribution in [3.63, 3.8) is 0 Å². The van der Waals surface area contributed by atoms with Crippen molar-refractivity contribution in [1.29, 1.82) is 0 Å². The van der Waals surface area contributed by atoms with E-state index in [2.05, 4.69) is 44.3 Å². The van der Waals surface area contributed by atoms with E-state index in [9.17, 15) is 14.4 Å². The molecule has 0 spiro atoms. The van der Waals surface area contributed by atoms with Crippen LogP contribution in [0.5, 0.6) is 0 Å². The fourth-order valence-corrected chi connectivity index (χ4v) is 5.90. The Bertz CT molecular complexity index is 1070. The Balaban J connectivity index is 1.59. The number of urea groups is 1. The number of amides is 4. The summed E-state index contributed by atoms with van der Waals surface area (Å²) in [5.41, 5.74) is 2.08. The van der Waals surface area contributed by atoms with Gasteiger partial charge in [-0.15, -0.1) is 0 Å². The quantitative estimate of drug-likeness (QED) is 0.487. The lowest BCUT2D eigenvalue weighted by molar-refractivity contribution is -0.187. The van der Waals surface area contributed by atoms with Gasteiger partial charge < -0.3 is 15.1 Å². The van der Waals surface area contributed by atoms with Gasteiger partial charge in [0.15, 0.2) is 0 Å². The largest absolute Gasteiger partial charge is 0.337 e. The minimum Gasteiger partial charge on any atom is -0.337 e. The average molecular weight is 536 g/mol. The van der Waals surface area contributed by atoms with Crippen LogP contribution >= 0.6 is 0 Å². The van der Waals surface area contributed by atoms with E-state index in [1.54, 1.807) is 22.0 Å². The molecular weight excluding hydrogens is 490 g/mol. The standard InChI is InChI=1S/C31H45N5O3/c1-5-7-11-24(6-2)20-34-21-28-35(27(30(34)38)18-25-12-9-8-10-13-25)29(37)22-33(4)36(28)31(39)32-19-26-16-14-23(3)15-17-26/h8-10,12-14,16-17,23-24,27-28H,5-7,11,15,18-22H2,1-4H3,(H,32,39)/t23?,24?,27-,28-/m0/s1. The van der Waals surface area contributed by atoms with Gasteiger partial charge in [-0.3, -0.25) is 9.59 Å². The number of hydrogen-bond donors (Lipinski definition) is 1. The molecule has 1 aliphatic carbocycles. The zero-order chi connectivity index (χ0) is 27.9. The summed E-state index contributed by atoms with van der Waals surface area (Å²) < 4.78 is 0. The highest BCUT2D eigenvalue weighted by Gasteiger charge is 2.50. The van der Waals surface area contributed by atoms with Crippen LogP contribution in [0.1, 0.15) is 58.4 Å². The molecule has 8 nitrogen and oxygen atoms in total. The third kappa shape index (κ3) is 6.90. The summed E-state index contributed by atoms with van der Waals surface area (Å²) >= 11 is 0. The predicted octanol–water partition coefficient (Wildman–Crippen LogP) is 4.21. The van der Waals surface area contributed by atoms with Crippen LogP contribution in [-0.4, -0.2) is 83.1 Å². The van der Waals surface area contributed by atoms with Gasteiger partial charge in [0.1, 0.15) is 12.2 Å². The number of nitrogens with one attached hydrogen (secondary N) is 1. The molecule has 0 bridgehead atoms. The number of piperazine rings is 1. The Morgan fingerprint density at radius 1 is 1.15 bits per heavy atom. The molecular formula is C31H45N5O3. The molecule has 2 fully saturated rings. The Labute approximate surface area is 233 Å². The molecule has 1 N–H and O–H groups in total. The summed E-state index contributed by atoms with van der Waals surface area (Å²) in [6, 6.07) is 8.96. The smallest absolute Gasteiger partial charge is 0.334 e. The number of unbranched alkanes of at least 4 members (excludes halogenated alkanes) is 1. The SMILES string of the molecule is CCCCC(CC)CN1C[C@H]2N(C(=O)CN(C)N2C(=O)NCC2=CCC(C)C=C2)[C@@H](Cc2ccccc2)C1=O. The van der Waals surface area contributed by atoms with Gasteiger partial charge in [-0.1, -0.05) is 88.6 Å². The van der Waals surface area contributed by atoms with E-state index in [4.69, 9.17) is 0 Å². The lowest BCUT2D eigenvalue weighted by Crippen LogP contribution is -2.76. The number of nitrogens with zero attached hydrogens (tertiary/aromatic N) is 4. The molecule has 2 heterocycles. The third-order valence-corrected chi connectivity index (χ3v) is 8.28. The highest BCUT2D eigenvalue weighted by Crippen LogP contribution is 2.29. The molecule has 2 unspecified atom stereocenters. The van der Waals surface area contributed by atoms with Gasteiger partial charge in [0.25, 0.3) is 0 Å². The van der Waals surface area contributed by atoms with Crippen molar-refractivity contribution in [2.24, 2.45) is 11.8 Å². The lowest BCUT2D eigenvalue weighted by Gasteiger charge is -2.54. The van der Waals surface area contributed by atoms with E-state index in [0.29, 0.717) is 37.9 Å². The molecule has 8 heteroatoms. The van der Waals surface area contributed by atoms with Crippen LogP contribution in [-0.2, 0) is 16.0 Å². The van der Waals surface area contributed by atoms with E-state index >= 15 is 0 Å². The molecule has 4 amide bonds. The molecule has 1 aromatic rings. The zero-order valence-electron chi connectivity index (χ0n) is 24.0. The van der Waals surface area contributed by atoms with Crippen molar-refractivity contribution in [1.82, 2.24) is 25.1 Å². The van der Waals surface area contributed by atoms with Gasteiger partial charge in [-0.25, -0.2) is 14.8 Å². The number of allylic oxidation sites excluding steroid dienone is 2. The van der Waals surface area contributed by atoms with Crippen molar-refractivity contribution < 1.29 is 14.4 Å². The second-order valence-corrected chi connectivity index (χ2v) is 11.3. The van der Waals surface area contributed by atoms with Crippen molar-refractivity contribution in [2.45, 2.75) is 71.5 Å². The summed E-state index contributed by atoms with van der Waals surface area (Å²) in [6.45, 7) is 7.98. The summed E-state index contributed by atoms with van der Waals surface area (Å²) in [5.74, 6) is 0.763. The first-order chi connectivity index (χ1) is 18.8. The van der Waals surface area contributed by atoms with Crippen LogP contribution in [0.15, 0.2) is 54.1 Å². The fraction of sp³-hybridized carbons (Fsp3) is 0.581. The Kier molecular flexibility index (Phi) is 9.83. The maximum atomic E-state index is 14.0. The van der Waals surface area contributed by atoms with Crippen LogP contribution in [0, 0.1) is 11.8 Å². The minimum atomic E-state index is -0.642. The van der Waals surface area contributed by atoms with E-state index in [-0.39, 0.29) is 24.4 Å². The molecule has 0 saturated carbocycles. The van der Waals surface area contributed by atoms with Crippen LogP contribution in [0.25, 0.3) is 0 Å². The predicted molar refractivity (Wildman–Crippen MR) is 153 cm³/mol. The van der Waals surface area contributed by atoms with Crippen molar-refractivity contribution in [3.8, 4) is 0 Å². The Morgan fingerprint density at radius 3 is 2.59 bits per heavy atom. The zero-order valence-corrected chi connectivity index (χ0v) is 24.0. The highest BCUT2D eigenvalue weighted by molar-refractivity contribution is 5.91. The molecule has 212 valence electrons. The van der Waals surface area contributed by atoms with Crippen LogP contribution < -0.4 is 5.32 Å². The van der Waals surface area contributed by atoms with Crippen LogP contribution in [0.4, 0.5) is 4.79 Å². The minimum absolute atomic E-state index is 0.0186. The normalized spacial score (nSPS) is 24.5. The number of benzene rings is 1. The van der Waals surface area contributed by atoms with Crippen molar-refractivity contribution in [2.75, 3.05) is 33.2 Å². The van der Waals surface area contributed by atoms with Gasteiger partial charge >= 0.3 is 6.03 Å². The maximum absolute atomic E-state index is 14.0. The van der Waals surface area contributed by atoms with Crippen molar-refractivity contribution >= 4 is 17.8 Å². The summed E-state index contributed by atoms with van der Waals surface area (Å²) in [5, 5.41) is 6.43. The van der Waals surface area contributed by atoms with Gasteiger partial charge in [0.05, 0.1) is 13.1 Å². The number of carbonyl (C=O) groups is 3. The van der Waals surface area contributed by atoms with E-state index < -0.39 is 12.2 Å². The molecule has 3 aliphatic rings. The average Bonchev–Trinajstić information content (AvgIpc) is 2.93.